The quantitative estimate of drug-likeness (QED) is 0.183. The zero-order chi connectivity index (χ0) is 22.5. The van der Waals surface area contributed by atoms with E-state index in [-0.39, 0.29) is 12.8 Å². The predicted molar refractivity (Wildman–Crippen MR) is 94.0 cm³/mol. The van der Waals surface area contributed by atoms with Crippen LogP contribution in [-0.2, 0) is 19.1 Å². The first-order valence-electron chi connectivity index (χ1n) is 9.82. The van der Waals surface area contributed by atoms with Crippen molar-refractivity contribution in [2.24, 2.45) is 0 Å². The molecule has 0 aliphatic rings. The Morgan fingerprint density at radius 2 is 0.828 bits per heavy atom. The molecule has 0 amide bonds. The van der Waals surface area contributed by atoms with Crippen molar-refractivity contribution in [3.8, 4) is 0 Å². The average molecular weight is 436 g/mol. The maximum Gasteiger partial charge on any atom is 0.425 e. The van der Waals surface area contributed by atoms with Crippen LogP contribution in [0.15, 0.2) is 0 Å². The Kier molecular flexibility index (Phi) is 13.0. The van der Waals surface area contributed by atoms with Gasteiger partial charge in [-0.1, -0.05) is 44.9 Å². The number of ether oxygens (including phenoxy) is 2. The van der Waals surface area contributed by atoms with Crippen molar-refractivity contribution in [3.05, 3.63) is 0 Å². The topological polar surface area (TPSA) is 52.6 Å². The van der Waals surface area contributed by atoms with E-state index in [1.807, 2.05) is 0 Å². The maximum absolute atomic E-state index is 12.7. The van der Waals surface area contributed by atoms with Crippen LogP contribution >= 0.6 is 0 Å². The Bertz CT molecular complexity index is 434. The summed E-state index contributed by atoms with van der Waals surface area (Å²) in [5.41, 5.74) is 0. The first-order chi connectivity index (χ1) is 13.3. The van der Waals surface area contributed by atoms with E-state index in [9.17, 15) is 35.9 Å². The van der Waals surface area contributed by atoms with Gasteiger partial charge in [0.2, 0.25) is 0 Å². The molecule has 4 nitrogen and oxygen atoms in total. The molecule has 10 heteroatoms. The minimum Gasteiger partial charge on any atom is -0.453 e. The van der Waals surface area contributed by atoms with E-state index in [0.717, 1.165) is 46.0 Å². The number of carbonyl (C=O) groups excluding carboxylic acids is 2. The number of halogens is 6. The Morgan fingerprint density at radius 1 is 0.586 bits per heavy atom. The van der Waals surface area contributed by atoms with Gasteiger partial charge in [-0.3, -0.25) is 9.59 Å². The molecule has 0 fully saturated rings. The summed E-state index contributed by atoms with van der Waals surface area (Å²) in [6.07, 6.45) is -8.02. The molecular weight excluding hydrogens is 406 g/mol. The molecule has 0 bridgehead atoms. The van der Waals surface area contributed by atoms with Crippen molar-refractivity contribution < 1.29 is 45.4 Å². The van der Waals surface area contributed by atoms with Crippen LogP contribution in [0.3, 0.4) is 0 Å². The fraction of sp³-hybridized carbons (Fsp3) is 0.895. The summed E-state index contributed by atoms with van der Waals surface area (Å²) in [5.74, 6) is -1.91. The number of alkyl halides is 6. The van der Waals surface area contributed by atoms with Gasteiger partial charge in [-0.05, 0) is 25.7 Å². The molecular formula is C19H30F6O4. The van der Waals surface area contributed by atoms with E-state index in [2.05, 4.69) is 9.47 Å². The van der Waals surface area contributed by atoms with E-state index in [0.29, 0.717) is 25.7 Å². The van der Waals surface area contributed by atoms with Crippen LogP contribution < -0.4 is 0 Å². The van der Waals surface area contributed by atoms with Crippen molar-refractivity contribution in [3.63, 3.8) is 0 Å². The lowest BCUT2D eigenvalue weighted by molar-refractivity contribution is -0.221. The predicted octanol–water partition coefficient (Wildman–Crippen LogP) is 6.27. The van der Waals surface area contributed by atoms with Crippen molar-refractivity contribution >= 4 is 11.9 Å². The summed E-state index contributed by atoms with van der Waals surface area (Å²) in [6.45, 7) is 1.89. The normalized spacial score (nSPS) is 14.3. The number of hydrogen-bond donors (Lipinski definition) is 0. The third-order valence-electron chi connectivity index (χ3n) is 4.28. The van der Waals surface area contributed by atoms with Crippen LogP contribution in [-0.4, -0.2) is 36.5 Å². The minimum atomic E-state index is -4.56. The van der Waals surface area contributed by atoms with Crippen molar-refractivity contribution in [1.82, 2.24) is 0 Å². The number of carbonyl (C=O) groups is 2. The summed E-state index contributed by atoms with van der Waals surface area (Å²) >= 11 is 0. The van der Waals surface area contributed by atoms with Crippen LogP contribution in [0.5, 0.6) is 0 Å². The first kappa shape index (κ1) is 27.5. The Balaban J connectivity index is 3.75. The van der Waals surface area contributed by atoms with Gasteiger partial charge in [0.15, 0.2) is 12.2 Å². The summed E-state index contributed by atoms with van der Waals surface area (Å²) in [5, 5.41) is 0. The summed E-state index contributed by atoms with van der Waals surface area (Å²) in [7, 11) is 0. The zero-order valence-corrected chi connectivity index (χ0v) is 16.8. The third kappa shape index (κ3) is 15.1. The van der Waals surface area contributed by atoms with Crippen LogP contribution in [0.2, 0.25) is 0 Å². The van der Waals surface area contributed by atoms with Gasteiger partial charge < -0.3 is 9.47 Å². The smallest absolute Gasteiger partial charge is 0.425 e. The molecule has 29 heavy (non-hydrogen) atoms. The number of rotatable bonds is 14. The molecule has 0 aliphatic carbocycles. The van der Waals surface area contributed by atoms with Gasteiger partial charge in [0.25, 0.3) is 0 Å². The van der Waals surface area contributed by atoms with Gasteiger partial charge in [-0.2, -0.15) is 26.3 Å². The molecule has 0 rings (SSSR count). The van der Waals surface area contributed by atoms with Crippen LogP contribution in [0.25, 0.3) is 0 Å². The SMILES string of the molecule is CC(=O)O[C@H](CCCCCCCCCCC[C@@H](OC(C)=O)C(F)(F)F)C(F)(F)F. The lowest BCUT2D eigenvalue weighted by Crippen LogP contribution is -2.33. The summed E-state index contributed by atoms with van der Waals surface area (Å²) in [4.78, 5) is 21.4. The van der Waals surface area contributed by atoms with E-state index in [4.69, 9.17) is 0 Å². The van der Waals surface area contributed by atoms with Gasteiger partial charge in [-0.25, -0.2) is 0 Å². The van der Waals surface area contributed by atoms with Gasteiger partial charge in [0.1, 0.15) is 0 Å². The molecule has 0 spiro atoms. The second-order valence-corrected chi connectivity index (χ2v) is 7.04. The number of esters is 2. The molecule has 0 aliphatic heterocycles. The molecule has 0 saturated heterocycles. The lowest BCUT2D eigenvalue weighted by atomic mass is 10.0. The fourth-order valence-corrected chi connectivity index (χ4v) is 2.88. The molecule has 0 aromatic carbocycles. The van der Waals surface area contributed by atoms with Crippen molar-refractivity contribution in [2.45, 2.75) is 109 Å². The first-order valence-corrected chi connectivity index (χ1v) is 9.82. The third-order valence-corrected chi connectivity index (χ3v) is 4.28. The number of hydrogen-bond acceptors (Lipinski definition) is 4. The van der Waals surface area contributed by atoms with Gasteiger partial charge in [0, 0.05) is 13.8 Å². The minimum absolute atomic E-state index is 0.258. The van der Waals surface area contributed by atoms with Crippen molar-refractivity contribution in [2.75, 3.05) is 0 Å². The van der Waals surface area contributed by atoms with Gasteiger partial charge in [-0.15, -0.1) is 0 Å². The maximum atomic E-state index is 12.7. The molecule has 0 aromatic heterocycles. The summed E-state index contributed by atoms with van der Waals surface area (Å²) < 4.78 is 84.6. The van der Waals surface area contributed by atoms with Crippen molar-refractivity contribution in [1.29, 1.82) is 0 Å². The lowest BCUT2D eigenvalue weighted by Gasteiger charge is -2.19. The molecule has 0 N–H and O–H groups in total. The second-order valence-electron chi connectivity index (χ2n) is 7.04. The van der Waals surface area contributed by atoms with Crippen LogP contribution in [0.1, 0.15) is 84.5 Å². The molecule has 0 heterocycles. The van der Waals surface area contributed by atoms with Crippen LogP contribution in [0, 0.1) is 0 Å². The van der Waals surface area contributed by atoms with Gasteiger partial charge in [0.05, 0.1) is 0 Å². The van der Waals surface area contributed by atoms with Gasteiger partial charge >= 0.3 is 24.3 Å². The van der Waals surface area contributed by atoms with E-state index >= 15 is 0 Å². The monoisotopic (exact) mass is 436 g/mol. The highest BCUT2D eigenvalue weighted by Crippen LogP contribution is 2.28. The summed E-state index contributed by atoms with van der Waals surface area (Å²) in [6, 6.07) is 0. The molecule has 0 radical (unpaired) electrons. The standard InChI is InChI=1S/C19H30F6O4/c1-14(26)28-16(18(20,21)22)12-10-8-6-4-3-5-7-9-11-13-17(19(23,24)25)29-15(2)27/h16-17H,3-13H2,1-2H3/t16-,17-/m1/s1. The van der Waals surface area contributed by atoms with E-state index in [1.165, 1.54) is 0 Å². The number of unbranched alkanes of at least 4 members (excludes halogenated alkanes) is 8. The average Bonchev–Trinajstić information content (AvgIpc) is 2.55. The zero-order valence-electron chi connectivity index (χ0n) is 16.8. The molecule has 0 saturated carbocycles. The molecule has 0 aromatic rings. The Labute approximate surface area is 167 Å². The molecule has 172 valence electrons. The highest BCUT2D eigenvalue weighted by atomic mass is 19.4. The highest BCUT2D eigenvalue weighted by Gasteiger charge is 2.42. The van der Waals surface area contributed by atoms with E-state index < -0.39 is 36.5 Å². The molecule has 2 atom stereocenters. The largest absolute Gasteiger partial charge is 0.453 e. The fourth-order valence-electron chi connectivity index (χ4n) is 2.88. The Hall–Kier alpha value is -1.48. The Morgan fingerprint density at radius 3 is 1.03 bits per heavy atom. The van der Waals surface area contributed by atoms with Crippen LogP contribution in [0.4, 0.5) is 26.3 Å². The molecule has 0 unspecified atom stereocenters. The second kappa shape index (κ2) is 13.7. The van der Waals surface area contributed by atoms with E-state index in [1.54, 1.807) is 0 Å². The highest BCUT2D eigenvalue weighted by molar-refractivity contribution is 5.66.